The van der Waals surface area contributed by atoms with Crippen molar-refractivity contribution in [1.29, 1.82) is 5.26 Å². The molecule has 120 valence electrons. The molecule has 0 saturated heterocycles. The number of nitriles is 1. The molecule has 0 aliphatic heterocycles. The van der Waals surface area contributed by atoms with E-state index in [1.54, 1.807) is 13.8 Å². The van der Waals surface area contributed by atoms with E-state index in [0.29, 0.717) is 12.4 Å². The molecule has 0 unspecified atom stereocenters. The molecule has 0 aliphatic carbocycles. The van der Waals surface area contributed by atoms with Gasteiger partial charge in [0.25, 0.3) is 0 Å². The Morgan fingerprint density at radius 3 is 2.55 bits per heavy atom. The molecule has 22 heavy (non-hydrogen) atoms. The lowest BCUT2D eigenvalue weighted by molar-refractivity contribution is -0.123. The quantitative estimate of drug-likeness (QED) is 0.812. The monoisotopic (exact) mass is 303 g/mol. The van der Waals surface area contributed by atoms with Crippen LogP contribution in [0, 0.1) is 17.2 Å². The number of hydrogen-bond donors (Lipinski definition) is 2. The highest BCUT2D eigenvalue weighted by Crippen LogP contribution is 2.24. The first kappa shape index (κ1) is 17.8. The summed E-state index contributed by atoms with van der Waals surface area (Å²) in [6, 6.07) is 9.17. The Morgan fingerprint density at radius 1 is 1.36 bits per heavy atom. The predicted molar refractivity (Wildman–Crippen MR) is 87.7 cm³/mol. The van der Waals surface area contributed by atoms with E-state index in [2.05, 4.69) is 16.7 Å². The summed E-state index contributed by atoms with van der Waals surface area (Å²) in [4.78, 5) is 12.3. The third-order valence-corrected chi connectivity index (χ3v) is 3.72. The van der Waals surface area contributed by atoms with Crippen LogP contribution >= 0.6 is 0 Å². The lowest BCUT2D eigenvalue weighted by atomic mass is 9.90. The standard InChI is InChI=1S/C17H25N3O2/c1-6-22-15-10-8-7-9-14(15)19-13(4)16(21)20-17(5,11-18)12(2)3/h7-10,12-13,19H,6H2,1-5H3,(H,20,21)/t13-,17+/m0/s1. The second-order valence-electron chi connectivity index (χ2n) is 5.75. The van der Waals surface area contributed by atoms with Crippen LogP contribution in [0.3, 0.4) is 0 Å². The number of para-hydroxylation sites is 2. The number of amides is 1. The van der Waals surface area contributed by atoms with Gasteiger partial charge in [-0.05, 0) is 38.8 Å². The van der Waals surface area contributed by atoms with E-state index < -0.39 is 11.6 Å². The van der Waals surface area contributed by atoms with Crippen LogP contribution in [0.15, 0.2) is 24.3 Å². The number of rotatable bonds is 7. The maximum absolute atomic E-state index is 12.3. The number of benzene rings is 1. The average molecular weight is 303 g/mol. The maximum atomic E-state index is 12.3. The van der Waals surface area contributed by atoms with E-state index in [4.69, 9.17) is 4.74 Å². The topological polar surface area (TPSA) is 74.2 Å². The second-order valence-corrected chi connectivity index (χ2v) is 5.75. The van der Waals surface area contributed by atoms with Crippen molar-refractivity contribution in [3.8, 4) is 11.8 Å². The molecule has 5 nitrogen and oxygen atoms in total. The Bertz CT molecular complexity index is 551. The lowest BCUT2D eigenvalue weighted by Crippen LogP contribution is -2.52. The molecule has 0 saturated carbocycles. The van der Waals surface area contributed by atoms with E-state index in [9.17, 15) is 10.1 Å². The van der Waals surface area contributed by atoms with Crippen LogP contribution < -0.4 is 15.4 Å². The minimum atomic E-state index is -0.882. The molecular weight excluding hydrogens is 278 g/mol. The minimum Gasteiger partial charge on any atom is -0.492 e. The Balaban J connectivity index is 2.79. The smallest absolute Gasteiger partial charge is 0.243 e. The molecule has 1 aromatic rings. The number of carbonyl (C=O) groups is 1. The van der Waals surface area contributed by atoms with E-state index in [0.717, 1.165) is 5.69 Å². The van der Waals surface area contributed by atoms with E-state index in [1.165, 1.54) is 0 Å². The number of hydrogen-bond acceptors (Lipinski definition) is 4. The molecule has 0 spiro atoms. The number of nitrogens with one attached hydrogen (secondary N) is 2. The van der Waals surface area contributed by atoms with Crippen LogP contribution in [0.2, 0.25) is 0 Å². The largest absolute Gasteiger partial charge is 0.492 e. The van der Waals surface area contributed by atoms with Crippen molar-refractivity contribution in [1.82, 2.24) is 5.32 Å². The molecule has 2 atom stereocenters. The van der Waals surface area contributed by atoms with Gasteiger partial charge in [-0.2, -0.15) is 5.26 Å². The zero-order chi connectivity index (χ0) is 16.8. The summed E-state index contributed by atoms with van der Waals surface area (Å²) in [6.45, 7) is 9.78. The van der Waals surface area contributed by atoms with Crippen LogP contribution in [0.4, 0.5) is 5.69 Å². The molecule has 0 bridgehead atoms. The molecule has 1 aromatic carbocycles. The molecule has 0 heterocycles. The fraction of sp³-hybridized carbons (Fsp3) is 0.529. The third kappa shape index (κ3) is 4.39. The van der Waals surface area contributed by atoms with Crippen LogP contribution in [0.5, 0.6) is 5.75 Å². The molecule has 0 aliphatic rings. The molecular formula is C17H25N3O2. The van der Waals surface area contributed by atoms with Gasteiger partial charge in [-0.3, -0.25) is 4.79 Å². The number of anilines is 1. The van der Waals surface area contributed by atoms with Gasteiger partial charge in [-0.25, -0.2) is 0 Å². The highest BCUT2D eigenvalue weighted by molar-refractivity contribution is 5.85. The van der Waals surface area contributed by atoms with Crippen LogP contribution in [-0.2, 0) is 4.79 Å². The lowest BCUT2D eigenvalue weighted by Gasteiger charge is -2.29. The number of ether oxygens (including phenoxy) is 1. The molecule has 1 rings (SSSR count). The molecule has 5 heteroatoms. The zero-order valence-corrected chi connectivity index (χ0v) is 13.9. The van der Waals surface area contributed by atoms with Gasteiger partial charge < -0.3 is 15.4 Å². The Morgan fingerprint density at radius 2 is 2.00 bits per heavy atom. The van der Waals surface area contributed by atoms with Crippen LogP contribution in [-0.4, -0.2) is 24.1 Å². The highest BCUT2D eigenvalue weighted by Gasteiger charge is 2.31. The summed E-state index contributed by atoms with van der Waals surface area (Å²) in [5.41, 5.74) is -0.123. The first-order chi connectivity index (χ1) is 10.3. The summed E-state index contributed by atoms with van der Waals surface area (Å²) >= 11 is 0. The van der Waals surface area contributed by atoms with Crippen molar-refractivity contribution in [3.63, 3.8) is 0 Å². The number of carbonyl (C=O) groups excluding carboxylic acids is 1. The summed E-state index contributed by atoms with van der Waals surface area (Å²) < 4.78 is 5.53. The fourth-order valence-corrected chi connectivity index (χ4v) is 1.83. The summed E-state index contributed by atoms with van der Waals surface area (Å²) in [5.74, 6) is 0.505. The van der Waals surface area contributed by atoms with Crippen LogP contribution in [0.25, 0.3) is 0 Å². The van der Waals surface area contributed by atoms with Gasteiger partial charge >= 0.3 is 0 Å². The van der Waals surface area contributed by atoms with E-state index in [-0.39, 0.29) is 11.8 Å². The normalized spacial score (nSPS) is 14.6. The average Bonchev–Trinajstić information content (AvgIpc) is 2.49. The Hall–Kier alpha value is -2.22. The first-order valence-corrected chi connectivity index (χ1v) is 7.55. The van der Waals surface area contributed by atoms with Gasteiger partial charge in [0.05, 0.1) is 18.4 Å². The zero-order valence-electron chi connectivity index (χ0n) is 13.9. The van der Waals surface area contributed by atoms with Gasteiger partial charge in [-0.15, -0.1) is 0 Å². The molecule has 0 aromatic heterocycles. The van der Waals surface area contributed by atoms with Gasteiger partial charge in [0.15, 0.2) is 0 Å². The summed E-state index contributed by atoms with van der Waals surface area (Å²) in [5, 5.41) is 15.2. The maximum Gasteiger partial charge on any atom is 0.243 e. The fourth-order valence-electron chi connectivity index (χ4n) is 1.83. The van der Waals surface area contributed by atoms with Gasteiger partial charge in [0, 0.05) is 0 Å². The van der Waals surface area contributed by atoms with Crippen molar-refractivity contribution < 1.29 is 9.53 Å². The first-order valence-electron chi connectivity index (χ1n) is 7.55. The molecule has 0 radical (unpaired) electrons. The summed E-state index contributed by atoms with van der Waals surface area (Å²) in [6.07, 6.45) is 0. The Kier molecular flexibility index (Phi) is 6.24. The third-order valence-electron chi connectivity index (χ3n) is 3.72. The van der Waals surface area contributed by atoms with Crippen molar-refractivity contribution in [2.45, 2.75) is 46.2 Å². The van der Waals surface area contributed by atoms with E-state index in [1.807, 2.05) is 45.0 Å². The van der Waals surface area contributed by atoms with Gasteiger partial charge in [-0.1, -0.05) is 26.0 Å². The highest BCUT2D eigenvalue weighted by atomic mass is 16.5. The molecule has 1 amide bonds. The van der Waals surface area contributed by atoms with Gasteiger partial charge in [0.2, 0.25) is 5.91 Å². The predicted octanol–water partition coefficient (Wildman–Crippen LogP) is 2.94. The molecule has 0 fully saturated rings. The molecule has 2 N–H and O–H groups in total. The summed E-state index contributed by atoms with van der Waals surface area (Å²) in [7, 11) is 0. The van der Waals surface area contributed by atoms with Crippen molar-refractivity contribution in [2.75, 3.05) is 11.9 Å². The minimum absolute atomic E-state index is 0.0179. The van der Waals surface area contributed by atoms with Crippen molar-refractivity contribution in [2.24, 2.45) is 5.92 Å². The van der Waals surface area contributed by atoms with Crippen molar-refractivity contribution >= 4 is 11.6 Å². The number of nitrogens with zero attached hydrogens (tertiary/aromatic N) is 1. The Labute approximate surface area is 132 Å². The van der Waals surface area contributed by atoms with Crippen molar-refractivity contribution in [3.05, 3.63) is 24.3 Å². The van der Waals surface area contributed by atoms with E-state index >= 15 is 0 Å². The van der Waals surface area contributed by atoms with Gasteiger partial charge in [0.1, 0.15) is 17.3 Å². The SMILES string of the molecule is CCOc1ccccc1N[C@@H](C)C(=O)N[C@](C)(C#N)C(C)C. The van der Waals surface area contributed by atoms with Crippen LogP contribution in [0.1, 0.15) is 34.6 Å². The second kappa shape index (κ2) is 7.69.